The Hall–Kier alpha value is -1.85. The van der Waals surface area contributed by atoms with Crippen molar-refractivity contribution < 1.29 is 25.2 Å². The molecule has 1 saturated heterocycles. The average molecular weight is 353 g/mol. The molecule has 2 aromatic rings. The molecule has 3 heterocycles. The molecular formula is C15H23N5O5. The summed E-state index contributed by atoms with van der Waals surface area (Å²) in [4.78, 5) is 12.7. The Morgan fingerprint density at radius 3 is 2.72 bits per heavy atom. The standard InChI is InChI=1S/C15H23N5O5/c1-8(4-21)2-3-16-13-10-14(18-6-17-13)20(7-19-10)15-12(24)11(23)9(5-22)25-15/h6-9,11-12,15,21-24H,2-5H2,1H3,(H,16,17,18)/t8-,9+,11+,12+,15+/m0/s1. The highest BCUT2D eigenvalue weighted by molar-refractivity contribution is 5.82. The van der Waals surface area contributed by atoms with Crippen LogP contribution in [0.4, 0.5) is 5.82 Å². The minimum Gasteiger partial charge on any atom is -0.396 e. The predicted octanol–water partition coefficient (Wildman–Crippen LogP) is -1.13. The van der Waals surface area contributed by atoms with E-state index in [1.807, 2.05) is 6.92 Å². The number of anilines is 1. The lowest BCUT2D eigenvalue weighted by Crippen LogP contribution is -2.33. The fourth-order valence-corrected chi connectivity index (χ4v) is 2.81. The molecule has 10 heteroatoms. The number of hydrogen-bond acceptors (Lipinski definition) is 9. The van der Waals surface area contributed by atoms with Crippen molar-refractivity contribution >= 4 is 17.0 Å². The highest BCUT2D eigenvalue weighted by atomic mass is 16.6. The van der Waals surface area contributed by atoms with E-state index in [9.17, 15) is 15.3 Å². The normalized spacial score (nSPS) is 27.7. The maximum Gasteiger partial charge on any atom is 0.167 e. The van der Waals surface area contributed by atoms with Crippen molar-refractivity contribution in [3.63, 3.8) is 0 Å². The van der Waals surface area contributed by atoms with Gasteiger partial charge in [0.1, 0.15) is 24.6 Å². The van der Waals surface area contributed by atoms with Crippen LogP contribution < -0.4 is 5.32 Å². The van der Waals surface area contributed by atoms with Gasteiger partial charge in [-0.1, -0.05) is 6.92 Å². The first-order valence-electron chi connectivity index (χ1n) is 8.21. The highest BCUT2D eigenvalue weighted by Crippen LogP contribution is 2.32. The molecule has 25 heavy (non-hydrogen) atoms. The largest absolute Gasteiger partial charge is 0.396 e. The summed E-state index contributed by atoms with van der Waals surface area (Å²) in [5.74, 6) is 0.724. The third-order valence-corrected chi connectivity index (χ3v) is 4.39. The number of aliphatic hydroxyl groups excluding tert-OH is 4. The number of rotatable bonds is 7. The van der Waals surface area contributed by atoms with Gasteiger partial charge in [0.15, 0.2) is 23.2 Å². The molecule has 0 spiro atoms. The Morgan fingerprint density at radius 1 is 1.24 bits per heavy atom. The molecule has 0 amide bonds. The number of nitrogens with zero attached hydrogens (tertiary/aromatic N) is 4. The summed E-state index contributed by atoms with van der Waals surface area (Å²) in [5, 5.41) is 41.5. The zero-order valence-corrected chi connectivity index (χ0v) is 13.9. The number of aliphatic hydroxyl groups is 4. The fourth-order valence-electron chi connectivity index (χ4n) is 2.81. The van der Waals surface area contributed by atoms with E-state index in [0.29, 0.717) is 23.5 Å². The number of aromatic nitrogens is 4. The molecule has 0 saturated carbocycles. The van der Waals surface area contributed by atoms with Crippen LogP contribution in [0.25, 0.3) is 11.2 Å². The van der Waals surface area contributed by atoms with Gasteiger partial charge in [0.2, 0.25) is 0 Å². The van der Waals surface area contributed by atoms with Gasteiger partial charge in [-0.2, -0.15) is 0 Å². The molecule has 3 rings (SSSR count). The van der Waals surface area contributed by atoms with Crippen molar-refractivity contribution in [3.05, 3.63) is 12.7 Å². The van der Waals surface area contributed by atoms with Gasteiger partial charge in [0.25, 0.3) is 0 Å². The molecule has 0 radical (unpaired) electrons. The number of imidazole rings is 1. The summed E-state index contributed by atoms with van der Waals surface area (Å²) in [6.45, 7) is 2.30. The first-order chi connectivity index (χ1) is 12.1. The lowest BCUT2D eigenvalue weighted by Gasteiger charge is -2.16. The molecule has 0 unspecified atom stereocenters. The van der Waals surface area contributed by atoms with Gasteiger partial charge in [0, 0.05) is 13.2 Å². The van der Waals surface area contributed by atoms with E-state index in [-0.39, 0.29) is 12.5 Å². The van der Waals surface area contributed by atoms with Crippen LogP contribution in [0.5, 0.6) is 0 Å². The molecule has 138 valence electrons. The van der Waals surface area contributed by atoms with Crippen LogP contribution in [-0.4, -0.2) is 78.0 Å². The van der Waals surface area contributed by atoms with E-state index in [1.54, 1.807) is 0 Å². The monoisotopic (exact) mass is 353 g/mol. The minimum atomic E-state index is -1.20. The van der Waals surface area contributed by atoms with Crippen LogP contribution in [0.2, 0.25) is 0 Å². The zero-order valence-electron chi connectivity index (χ0n) is 13.9. The summed E-state index contributed by atoms with van der Waals surface area (Å²) in [6.07, 6.45) is -0.539. The van der Waals surface area contributed by atoms with Gasteiger partial charge in [-0.3, -0.25) is 4.57 Å². The summed E-state index contributed by atoms with van der Waals surface area (Å²) >= 11 is 0. The first-order valence-corrected chi connectivity index (χ1v) is 8.21. The van der Waals surface area contributed by atoms with E-state index in [2.05, 4.69) is 20.3 Å². The molecule has 0 aromatic carbocycles. The van der Waals surface area contributed by atoms with Crippen molar-refractivity contribution in [2.75, 3.05) is 25.1 Å². The second kappa shape index (κ2) is 7.58. The summed E-state index contributed by atoms with van der Waals surface area (Å²) in [5.41, 5.74) is 0.958. The van der Waals surface area contributed by atoms with Crippen LogP contribution >= 0.6 is 0 Å². The van der Waals surface area contributed by atoms with E-state index >= 15 is 0 Å². The summed E-state index contributed by atoms with van der Waals surface area (Å²) in [7, 11) is 0. The average Bonchev–Trinajstić information content (AvgIpc) is 3.17. The Morgan fingerprint density at radius 2 is 2.04 bits per heavy atom. The van der Waals surface area contributed by atoms with E-state index in [4.69, 9.17) is 9.84 Å². The van der Waals surface area contributed by atoms with Gasteiger partial charge in [-0.15, -0.1) is 0 Å². The molecule has 1 fully saturated rings. The van der Waals surface area contributed by atoms with Crippen molar-refractivity contribution in [2.45, 2.75) is 37.9 Å². The maximum absolute atomic E-state index is 10.2. The van der Waals surface area contributed by atoms with Crippen LogP contribution in [0, 0.1) is 5.92 Å². The van der Waals surface area contributed by atoms with Crippen LogP contribution in [0.3, 0.4) is 0 Å². The van der Waals surface area contributed by atoms with Crippen LogP contribution in [-0.2, 0) is 4.74 Å². The molecule has 5 atom stereocenters. The third kappa shape index (κ3) is 3.44. The van der Waals surface area contributed by atoms with Crippen molar-refractivity contribution in [1.29, 1.82) is 0 Å². The smallest absolute Gasteiger partial charge is 0.167 e. The second-order valence-electron chi connectivity index (χ2n) is 6.28. The molecule has 0 bridgehead atoms. The van der Waals surface area contributed by atoms with Crippen molar-refractivity contribution in [3.8, 4) is 0 Å². The predicted molar refractivity (Wildman–Crippen MR) is 87.7 cm³/mol. The van der Waals surface area contributed by atoms with Gasteiger partial charge in [-0.25, -0.2) is 15.0 Å². The van der Waals surface area contributed by atoms with Crippen molar-refractivity contribution in [2.24, 2.45) is 5.92 Å². The number of fused-ring (bicyclic) bond motifs is 1. The Balaban J connectivity index is 1.81. The zero-order chi connectivity index (χ0) is 18.0. The van der Waals surface area contributed by atoms with Gasteiger partial charge >= 0.3 is 0 Å². The van der Waals surface area contributed by atoms with Crippen molar-refractivity contribution in [1.82, 2.24) is 19.5 Å². The molecule has 1 aliphatic rings. The van der Waals surface area contributed by atoms with Crippen LogP contribution in [0.15, 0.2) is 12.7 Å². The fraction of sp³-hybridized carbons (Fsp3) is 0.667. The summed E-state index contributed by atoms with van der Waals surface area (Å²) < 4.78 is 7.03. The highest BCUT2D eigenvalue weighted by Gasteiger charge is 2.44. The summed E-state index contributed by atoms with van der Waals surface area (Å²) in [6, 6.07) is 0. The van der Waals surface area contributed by atoms with E-state index < -0.39 is 31.1 Å². The topological polar surface area (TPSA) is 146 Å². The van der Waals surface area contributed by atoms with Gasteiger partial charge in [-0.05, 0) is 12.3 Å². The lowest BCUT2D eigenvalue weighted by molar-refractivity contribution is -0.0511. The SMILES string of the molecule is C[C@H](CO)CCNc1ncnc2c1ncn2[C@@H]1O[C@H](CO)[C@@H](O)[C@H]1O. The molecule has 2 aromatic heterocycles. The quantitative estimate of drug-likeness (QED) is 0.417. The molecule has 1 aliphatic heterocycles. The van der Waals surface area contributed by atoms with Gasteiger partial charge in [0.05, 0.1) is 12.9 Å². The van der Waals surface area contributed by atoms with Crippen LogP contribution in [0.1, 0.15) is 19.6 Å². The Bertz CT molecular complexity index is 711. The molecule has 0 aliphatic carbocycles. The first kappa shape index (κ1) is 18.0. The third-order valence-electron chi connectivity index (χ3n) is 4.39. The number of ether oxygens (including phenoxy) is 1. The maximum atomic E-state index is 10.2. The Kier molecular flexibility index (Phi) is 5.45. The van der Waals surface area contributed by atoms with E-state index in [1.165, 1.54) is 17.2 Å². The van der Waals surface area contributed by atoms with Gasteiger partial charge < -0.3 is 30.5 Å². The Labute approximate surface area is 144 Å². The molecule has 5 N–H and O–H groups in total. The molecular weight excluding hydrogens is 330 g/mol. The number of hydrogen-bond donors (Lipinski definition) is 5. The lowest BCUT2D eigenvalue weighted by atomic mass is 10.1. The van der Waals surface area contributed by atoms with E-state index in [0.717, 1.165) is 6.42 Å². The molecule has 10 nitrogen and oxygen atoms in total. The number of nitrogens with one attached hydrogen (secondary N) is 1. The minimum absolute atomic E-state index is 0.126. The second-order valence-corrected chi connectivity index (χ2v) is 6.28.